The molecular formula is C23H24O4. The molecule has 0 saturated heterocycles. The van der Waals surface area contributed by atoms with Gasteiger partial charge in [0.05, 0.1) is 0 Å². The third kappa shape index (κ3) is 8.19. The number of carbonyl (C=O) groups is 2. The Morgan fingerprint density at radius 1 is 0.815 bits per heavy atom. The lowest BCUT2D eigenvalue weighted by molar-refractivity contribution is -0.181. The van der Waals surface area contributed by atoms with Crippen LogP contribution in [0.15, 0.2) is 72.8 Å². The van der Waals surface area contributed by atoms with E-state index in [0.29, 0.717) is 6.42 Å². The van der Waals surface area contributed by atoms with Crippen LogP contribution in [0, 0.1) is 0 Å². The standard InChI is InChI=1S/C23H24O4/c1-2-3-14-23(26-21(24)17-15-19-10-6-4-7-11-19)27-22(25)18-16-20-12-8-5-9-13-20/h4-13,15-18,23H,2-3,14H2,1H3. The van der Waals surface area contributed by atoms with Gasteiger partial charge in [0.1, 0.15) is 0 Å². The number of esters is 2. The number of carbonyl (C=O) groups excluding carboxylic acids is 2. The average Bonchev–Trinajstić information content (AvgIpc) is 2.70. The lowest BCUT2D eigenvalue weighted by atomic mass is 10.2. The van der Waals surface area contributed by atoms with Crippen molar-refractivity contribution in [3.05, 3.63) is 83.9 Å². The molecule has 2 aromatic carbocycles. The fraction of sp³-hybridized carbons (Fsp3) is 0.217. The summed E-state index contributed by atoms with van der Waals surface area (Å²) in [6.07, 6.45) is 7.26. The van der Waals surface area contributed by atoms with Crippen LogP contribution in [-0.2, 0) is 19.1 Å². The van der Waals surface area contributed by atoms with Gasteiger partial charge in [-0.2, -0.15) is 0 Å². The number of benzene rings is 2. The van der Waals surface area contributed by atoms with Crippen molar-refractivity contribution in [3.63, 3.8) is 0 Å². The predicted octanol–water partition coefficient (Wildman–Crippen LogP) is 5.02. The van der Waals surface area contributed by atoms with Gasteiger partial charge in [-0.25, -0.2) is 9.59 Å². The molecular weight excluding hydrogens is 340 g/mol. The van der Waals surface area contributed by atoms with Crippen molar-refractivity contribution < 1.29 is 19.1 Å². The largest absolute Gasteiger partial charge is 0.422 e. The molecule has 2 rings (SSSR count). The van der Waals surface area contributed by atoms with Crippen molar-refractivity contribution in [3.8, 4) is 0 Å². The summed E-state index contributed by atoms with van der Waals surface area (Å²) in [7, 11) is 0. The molecule has 0 heterocycles. The Morgan fingerprint density at radius 2 is 1.26 bits per heavy atom. The topological polar surface area (TPSA) is 52.6 Å². The van der Waals surface area contributed by atoms with Gasteiger partial charge in [-0.1, -0.05) is 74.0 Å². The maximum atomic E-state index is 12.0. The Morgan fingerprint density at radius 3 is 1.67 bits per heavy atom. The van der Waals surface area contributed by atoms with Crippen molar-refractivity contribution in [2.24, 2.45) is 0 Å². The molecule has 0 atom stereocenters. The van der Waals surface area contributed by atoms with Gasteiger partial charge < -0.3 is 9.47 Å². The van der Waals surface area contributed by atoms with Gasteiger partial charge in [0.25, 0.3) is 0 Å². The summed E-state index contributed by atoms with van der Waals surface area (Å²) in [6.45, 7) is 2.02. The van der Waals surface area contributed by atoms with Crippen molar-refractivity contribution in [1.29, 1.82) is 0 Å². The molecule has 0 spiro atoms. The van der Waals surface area contributed by atoms with Crippen molar-refractivity contribution in [2.45, 2.75) is 32.5 Å². The van der Waals surface area contributed by atoms with Gasteiger partial charge in [0, 0.05) is 18.6 Å². The lowest BCUT2D eigenvalue weighted by Crippen LogP contribution is -2.23. The van der Waals surface area contributed by atoms with E-state index in [4.69, 9.17) is 9.47 Å². The molecule has 0 aromatic heterocycles. The normalized spacial score (nSPS) is 12.2. The molecule has 0 N–H and O–H groups in total. The Balaban J connectivity index is 1.91. The van der Waals surface area contributed by atoms with Gasteiger partial charge in [-0.05, 0) is 29.7 Å². The first-order chi connectivity index (χ1) is 13.2. The van der Waals surface area contributed by atoms with Gasteiger partial charge in [0.2, 0.25) is 6.29 Å². The van der Waals surface area contributed by atoms with E-state index in [2.05, 4.69) is 0 Å². The van der Waals surface area contributed by atoms with Crippen LogP contribution < -0.4 is 0 Å². The van der Waals surface area contributed by atoms with Gasteiger partial charge in [0.15, 0.2) is 0 Å². The minimum absolute atomic E-state index is 0.465. The Bertz CT molecular complexity index is 700. The van der Waals surface area contributed by atoms with Gasteiger partial charge in [-0.15, -0.1) is 0 Å². The molecule has 0 unspecified atom stereocenters. The zero-order valence-electron chi connectivity index (χ0n) is 15.4. The highest BCUT2D eigenvalue weighted by atomic mass is 16.7. The summed E-state index contributed by atoms with van der Waals surface area (Å²) < 4.78 is 10.6. The first-order valence-corrected chi connectivity index (χ1v) is 9.05. The first kappa shape index (κ1) is 20.2. The van der Waals surface area contributed by atoms with Crippen molar-refractivity contribution in [1.82, 2.24) is 0 Å². The molecule has 2 aromatic rings. The fourth-order valence-corrected chi connectivity index (χ4v) is 2.31. The summed E-state index contributed by atoms with van der Waals surface area (Å²) in [4.78, 5) is 24.1. The molecule has 0 bridgehead atoms. The molecule has 0 aliphatic rings. The van der Waals surface area contributed by atoms with Crippen LogP contribution in [0.3, 0.4) is 0 Å². The maximum Gasteiger partial charge on any atom is 0.333 e. The second-order valence-corrected chi connectivity index (χ2v) is 5.93. The van der Waals surface area contributed by atoms with Crippen LogP contribution in [0.25, 0.3) is 12.2 Å². The van der Waals surface area contributed by atoms with Crippen molar-refractivity contribution >= 4 is 24.1 Å². The molecule has 0 fully saturated rings. The molecule has 4 nitrogen and oxygen atoms in total. The van der Waals surface area contributed by atoms with E-state index in [1.165, 1.54) is 12.2 Å². The van der Waals surface area contributed by atoms with Crippen LogP contribution >= 0.6 is 0 Å². The second-order valence-electron chi connectivity index (χ2n) is 5.93. The lowest BCUT2D eigenvalue weighted by Gasteiger charge is -2.16. The fourth-order valence-electron chi connectivity index (χ4n) is 2.31. The van der Waals surface area contributed by atoms with E-state index < -0.39 is 18.2 Å². The van der Waals surface area contributed by atoms with Crippen LogP contribution in [0.1, 0.15) is 37.3 Å². The minimum Gasteiger partial charge on any atom is -0.422 e. The van der Waals surface area contributed by atoms with Crippen LogP contribution in [0.4, 0.5) is 0 Å². The minimum atomic E-state index is -0.897. The van der Waals surface area contributed by atoms with E-state index in [0.717, 1.165) is 24.0 Å². The predicted molar refractivity (Wildman–Crippen MR) is 106 cm³/mol. The Hall–Kier alpha value is -3.14. The van der Waals surface area contributed by atoms with Crippen LogP contribution in [0.2, 0.25) is 0 Å². The highest BCUT2D eigenvalue weighted by Crippen LogP contribution is 2.10. The van der Waals surface area contributed by atoms with E-state index in [-0.39, 0.29) is 0 Å². The molecule has 0 radical (unpaired) electrons. The van der Waals surface area contributed by atoms with E-state index in [1.54, 1.807) is 12.2 Å². The summed E-state index contributed by atoms with van der Waals surface area (Å²) in [6, 6.07) is 18.9. The molecule has 4 heteroatoms. The monoisotopic (exact) mass is 364 g/mol. The molecule has 0 aliphatic carbocycles. The molecule has 0 saturated carbocycles. The van der Waals surface area contributed by atoms with Gasteiger partial charge in [-0.3, -0.25) is 0 Å². The Labute approximate surface area is 160 Å². The third-order valence-electron chi connectivity index (χ3n) is 3.71. The summed E-state index contributed by atoms with van der Waals surface area (Å²) in [5.74, 6) is -1.08. The van der Waals surface area contributed by atoms with E-state index >= 15 is 0 Å². The number of hydrogen-bond acceptors (Lipinski definition) is 4. The zero-order chi connectivity index (χ0) is 19.3. The summed E-state index contributed by atoms with van der Waals surface area (Å²) in [5, 5.41) is 0. The second kappa shape index (κ2) is 11.5. The maximum absolute atomic E-state index is 12.0. The van der Waals surface area contributed by atoms with Crippen LogP contribution in [0.5, 0.6) is 0 Å². The molecule has 27 heavy (non-hydrogen) atoms. The average molecular weight is 364 g/mol. The highest BCUT2D eigenvalue weighted by molar-refractivity contribution is 5.88. The number of unbranched alkanes of at least 4 members (excludes halogenated alkanes) is 1. The summed E-state index contributed by atoms with van der Waals surface area (Å²) >= 11 is 0. The Kier molecular flexibility index (Phi) is 8.57. The zero-order valence-corrected chi connectivity index (χ0v) is 15.4. The molecule has 0 amide bonds. The highest BCUT2D eigenvalue weighted by Gasteiger charge is 2.16. The molecule has 140 valence electrons. The summed E-state index contributed by atoms with van der Waals surface area (Å²) in [5.41, 5.74) is 1.78. The number of hydrogen-bond donors (Lipinski definition) is 0. The van der Waals surface area contributed by atoms with E-state index in [9.17, 15) is 9.59 Å². The van der Waals surface area contributed by atoms with Gasteiger partial charge >= 0.3 is 11.9 Å². The van der Waals surface area contributed by atoms with Crippen LogP contribution in [-0.4, -0.2) is 18.2 Å². The SMILES string of the molecule is CCCCC(OC(=O)C=Cc1ccccc1)OC(=O)C=Cc1ccccc1. The molecule has 0 aliphatic heterocycles. The van der Waals surface area contributed by atoms with E-state index in [1.807, 2.05) is 67.6 Å². The number of ether oxygens (including phenoxy) is 2. The smallest absolute Gasteiger partial charge is 0.333 e. The first-order valence-electron chi connectivity index (χ1n) is 9.05. The number of rotatable bonds is 9. The van der Waals surface area contributed by atoms with Crippen molar-refractivity contribution in [2.75, 3.05) is 0 Å². The quantitative estimate of drug-likeness (QED) is 0.356. The third-order valence-corrected chi connectivity index (χ3v) is 3.71.